The van der Waals surface area contributed by atoms with Gasteiger partial charge in [0, 0.05) is 18.4 Å². The molecule has 2 heteroatoms. The molecule has 2 N–H and O–H groups in total. The first-order valence-corrected chi connectivity index (χ1v) is 6.04. The van der Waals surface area contributed by atoms with Gasteiger partial charge in [0.1, 0.15) is 0 Å². The van der Waals surface area contributed by atoms with Crippen LogP contribution in [0.5, 0.6) is 0 Å². The Kier molecular flexibility index (Phi) is 3.89. The molecule has 0 bridgehead atoms. The maximum Gasteiger partial charge on any atom is 0.0273 e. The fraction of sp³-hybridized carbons (Fsp3) is 0.267. The fourth-order valence-corrected chi connectivity index (χ4v) is 1.82. The molecule has 1 unspecified atom stereocenters. The van der Waals surface area contributed by atoms with Gasteiger partial charge in [-0.1, -0.05) is 31.2 Å². The van der Waals surface area contributed by atoms with Crippen LogP contribution in [0.15, 0.2) is 48.8 Å². The van der Waals surface area contributed by atoms with Gasteiger partial charge in [-0.15, -0.1) is 0 Å². The number of nitrogens with zero attached hydrogens (tertiary/aromatic N) is 1. The van der Waals surface area contributed by atoms with E-state index in [-0.39, 0.29) is 6.04 Å². The molecule has 2 rings (SSSR count). The first-order chi connectivity index (χ1) is 8.29. The normalized spacial score (nSPS) is 12.4. The summed E-state index contributed by atoms with van der Waals surface area (Å²) in [6.45, 7) is 2.12. The standard InChI is InChI=1S/C15H18N2/c1-2-15(16)11-12-3-5-13(6-4-12)14-7-9-17-10-8-14/h3-10,15H,2,11,16H2,1H3. The Morgan fingerprint density at radius 2 is 1.59 bits per heavy atom. The van der Waals surface area contributed by atoms with E-state index in [1.54, 1.807) is 0 Å². The van der Waals surface area contributed by atoms with Gasteiger partial charge < -0.3 is 5.73 Å². The highest BCUT2D eigenvalue weighted by Gasteiger charge is 2.02. The summed E-state index contributed by atoms with van der Waals surface area (Å²) in [5.41, 5.74) is 9.67. The zero-order chi connectivity index (χ0) is 12.1. The van der Waals surface area contributed by atoms with Gasteiger partial charge >= 0.3 is 0 Å². The van der Waals surface area contributed by atoms with Crippen molar-refractivity contribution < 1.29 is 0 Å². The summed E-state index contributed by atoms with van der Waals surface area (Å²) >= 11 is 0. The molecule has 0 fully saturated rings. The number of nitrogens with two attached hydrogens (primary N) is 1. The summed E-state index contributed by atoms with van der Waals surface area (Å²) in [7, 11) is 0. The molecular formula is C15H18N2. The maximum atomic E-state index is 5.95. The van der Waals surface area contributed by atoms with E-state index < -0.39 is 0 Å². The number of benzene rings is 1. The van der Waals surface area contributed by atoms with Gasteiger partial charge in [-0.2, -0.15) is 0 Å². The summed E-state index contributed by atoms with van der Waals surface area (Å²) in [5.74, 6) is 0. The first-order valence-electron chi connectivity index (χ1n) is 6.04. The minimum atomic E-state index is 0.266. The number of rotatable bonds is 4. The molecular weight excluding hydrogens is 208 g/mol. The van der Waals surface area contributed by atoms with Crippen LogP contribution in [0.2, 0.25) is 0 Å². The summed E-state index contributed by atoms with van der Waals surface area (Å²) in [5, 5.41) is 0. The Morgan fingerprint density at radius 3 is 2.18 bits per heavy atom. The van der Waals surface area contributed by atoms with Crippen molar-refractivity contribution in [1.29, 1.82) is 0 Å². The Balaban J connectivity index is 2.13. The second-order valence-corrected chi connectivity index (χ2v) is 4.31. The van der Waals surface area contributed by atoms with Gasteiger partial charge in [-0.3, -0.25) is 4.98 Å². The van der Waals surface area contributed by atoms with Crippen LogP contribution >= 0.6 is 0 Å². The average Bonchev–Trinajstić information content (AvgIpc) is 2.40. The maximum absolute atomic E-state index is 5.95. The second kappa shape index (κ2) is 5.60. The van der Waals surface area contributed by atoms with E-state index in [4.69, 9.17) is 5.73 Å². The fourth-order valence-electron chi connectivity index (χ4n) is 1.82. The van der Waals surface area contributed by atoms with E-state index in [2.05, 4.69) is 36.2 Å². The smallest absolute Gasteiger partial charge is 0.0273 e. The van der Waals surface area contributed by atoms with Crippen LogP contribution in [0.3, 0.4) is 0 Å². The van der Waals surface area contributed by atoms with Crippen molar-refractivity contribution in [3.05, 3.63) is 54.4 Å². The van der Waals surface area contributed by atoms with E-state index in [0.717, 1.165) is 12.8 Å². The monoisotopic (exact) mass is 226 g/mol. The third-order valence-corrected chi connectivity index (χ3v) is 2.99. The van der Waals surface area contributed by atoms with E-state index in [9.17, 15) is 0 Å². The van der Waals surface area contributed by atoms with Gasteiger partial charge in [0.2, 0.25) is 0 Å². The lowest BCUT2D eigenvalue weighted by Gasteiger charge is -2.09. The van der Waals surface area contributed by atoms with Crippen LogP contribution in [-0.4, -0.2) is 11.0 Å². The third-order valence-electron chi connectivity index (χ3n) is 2.99. The van der Waals surface area contributed by atoms with E-state index in [1.165, 1.54) is 16.7 Å². The number of hydrogen-bond donors (Lipinski definition) is 1. The predicted molar refractivity (Wildman–Crippen MR) is 71.6 cm³/mol. The van der Waals surface area contributed by atoms with Gasteiger partial charge in [0.15, 0.2) is 0 Å². The quantitative estimate of drug-likeness (QED) is 0.870. The molecule has 0 aliphatic carbocycles. The lowest BCUT2D eigenvalue weighted by Crippen LogP contribution is -2.21. The minimum absolute atomic E-state index is 0.266. The molecule has 0 spiro atoms. The Labute approximate surface area is 103 Å². The van der Waals surface area contributed by atoms with Crippen LogP contribution in [0, 0.1) is 0 Å². The molecule has 1 atom stereocenters. The van der Waals surface area contributed by atoms with Crippen LogP contribution in [-0.2, 0) is 6.42 Å². The summed E-state index contributed by atoms with van der Waals surface area (Å²) in [6, 6.07) is 12.9. The summed E-state index contributed by atoms with van der Waals surface area (Å²) in [4.78, 5) is 4.02. The van der Waals surface area contributed by atoms with Crippen molar-refractivity contribution in [2.75, 3.05) is 0 Å². The van der Waals surface area contributed by atoms with Crippen LogP contribution < -0.4 is 5.73 Å². The SMILES string of the molecule is CCC(N)Cc1ccc(-c2ccncc2)cc1. The number of pyridine rings is 1. The minimum Gasteiger partial charge on any atom is -0.327 e. The van der Waals surface area contributed by atoms with Crippen molar-refractivity contribution in [3.63, 3.8) is 0 Å². The van der Waals surface area contributed by atoms with E-state index in [0.29, 0.717) is 0 Å². The lowest BCUT2D eigenvalue weighted by molar-refractivity contribution is 0.646. The zero-order valence-corrected chi connectivity index (χ0v) is 10.1. The molecule has 0 radical (unpaired) electrons. The van der Waals surface area contributed by atoms with Crippen molar-refractivity contribution in [1.82, 2.24) is 4.98 Å². The molecule has 0 saturated carbocycles. The second-order valence-electron chi connectivity index (χ2n) is 4.31. The highest BCUT2D eigenvalue weighted by molar-refractivity contribution is 5.62. The molecule has 1 heterocycles. The number of hydrogen-bond acceptors (Lipinski definition) is 2. The molecule has 88 valence electrons. The van der Waals surface area contributed by atoms with Crippen LogP contribution in [0.25, 0.3) is 11.1 Å². The Hall–Kier alpha value is -1.67. The summed E-state index contributed by atoms with van der Waals surface area (Å²) < 4.78 is 0. The molecule has 1 aromatic carbocycles. The first kappa shape index (κ1) is 11.8. The van der Waals surface area contributed by atoms with Gasteiger partial charge in [0.05, 0.1) is 0 Å². The topological polar surface area (TPSA) is 38.9 Å². The lowest BCUT2D eigenvalue weighted by atomic mass is 10.0. The molecule has 0 amide bonds. The van der Waals surface area contributed by atoms with Gasteiger partial charge in [-0.25, -0.2) is 0 Å². The third kappa shape index (κ3) is 3.14. The molecule has 0 aliphatic heterocycles. The van der Waals surface area contributed by atoms with Crippen molar-refractivity contribution in [3.8, 4) is 11.1 Å². The highest BCUT2D eigenvalue weighted by Crippen LogP contribution is 2.19. The van der Waals surface area contributed by atoms with Crippen molar-refractivity contribution >= 4 is 0 Å². The van der Waals surface area contributed by atoms with E-state index in [1.807, 2.05) is 24.5 Å². The Morgan fingerprint density at radius 1 is 1.00 bits per heavy atom. The van der Waals surface area contributed by atoms with Crippen LogP contribution in [0.1, 0.15) is 18.9 Å². The molecule has 2 nitrogen and oxygen atoms in total. The van der Waals surface area contributed by atoms with Crippen molar-refractivity contribution in [2.24, 2.45) is 5.73 Å². The summed E-state index contributed by atoms with van der Waals surface area (Å²) in [6.07, 6.45) is 5.60. The largest absolute Gasteiger partial charge is 0.327 e. The van der Waals surface area contributed by atoms with E-state index >= 15 is 0 Å². The number of aromatic nitrogens is 1. The predicted octanol–water partition coefficient (Wildman–Crippen LogP) is 3.03. The zero-order valence-electron chi connectivity index (χ0n) is 10.1. The van der Waals surface area contributed by atoms with Gasteiger partial charge in [-0.05, 0) is 41.7 Å². The van der Waals surface area contributed by atoms with Crippen LogP contribution in [0.4, 0.5) is 0 Å². The van der Waals surface area contributed by atoms with Crippen molar-refractivity contribution in [2.45, 2.75) is 25.8 Å². The Bertz CT molecular complexity index is 448. The van der Waals surface area contributed by atoms with Gasteiger partial charge in [0.25, 0.3) is 0 Å². The molecule has 2 aromatic rings. The molecule has 0 aliphatic rings. The molecule has 0 saturated heterocycles. The molecule has 1 aromatic heterocycles. The average molecular weight is 226 g/mol. The molecule has 17 heavy (non-hydrogen) atoms. The highest BCUT2D eigenvalue weighted by atomic mass is 14.6.